The zero-order chi connectivity index (χ0) is 9.10. The van der Waals surface area contributed by atoms with Gasteiger partial charge in [0.05, 0.1) is 13.2 Å². The molecule has 1 atom stereocenters. The number of hydrogen-bond acceptors (Lipinski definition) is 5. The van der Waals surface area contributed by atoms with E-state index in [4.69, 9.17) is 4.74 Å². The lowest BCUT2D eigenvalue weighted by Gasteiger charge is -2.29. The summed E-state index contributed by atoms with van der Waals surface area (Å²) in [7, 11) is 0. The van der Waals surface area contributed by atoms with Crippen molar-refractivity contribution >= 4 is 0 Å². The number of nitrogens with zero attached hydrogens (tertiary/aromatic N) is 3. The van der Waals surface area contributed by atoms with Gasteiger partial charge in [0.1, 0.15) is 6.10 Å². The Morgan fingerprint density at radius 3 is 3.31 bits per heavy atom. The van der Waals surface area contributed by atoms with Crippen LogP contribution in [0.1, 0.15) is 11.9 Å². The summed E-state index contributed by atoms with van der Waals surface area (Å²) in [6.07, 6.45) is 3.02. The van der Waals surface area contributed by atoms with E-state index in [9.17, 15) is 0 Å². The Balaban J connectivity index is 2.04. The number of hydrogen-bond donors (Lipinski definition) is 0. The molecule has 2 rings (SSSR count). The van der Waals surface area contributed by atoms with Crippen molar-refractivity contribution in [3.05, 3.63) is 25.0 Å². The second-order valence-electron chi connectivity index (χ2n) is 2.83. The lowest BCUT2D eigenvalue weighted by Crippen LogP contribution is -2.34. The average Bonchev–Trinajstić information content (AvgIpc) is 2.71. The summed E-state index contributed by atoms with van der Waals surface area (Å²) in [4.78, 5) is 6.02. The van der Waals surface area contributed by atoms with Crippen molar-refractivity contribution in [3.8, 4) is 0 Å². The predicted molar refractivity (Wildman–Crippen MR) is 44.8 cm³/mol. The number of aromatic nitrogens is 2. The van der Waals surface area contributed by atoms with Crippen LogP contribution in [0.15, 0.2) is 23.7 Å². The maximum atomic E-state index is 5.48. The normalized spacial score (nSPS) is 23.1. The van der Waals surface area contributed by atoms with Crippen molar-refractivity contribution in [2.24, 2.45) is 0 Å². The molecule has 1 unspecified atom stereocenters. The minimum atomic E-state index is -0.0921. The molecule has 0 radical (unpaired) electrons. The summed E-state index contributed by atoms with van der Waals surface area (Å²) in [5.74, 6) is 0.603. The highest BCUT2D eigenvalue weighted by atomic mass is 16.5. The topological polar surface area (TPSA) is 51.4 Å². The summed E-state index contributed by atoms with van der Waals surface area (Å²) in [6, 6.07) is 0. The van der Waals surface area contributed by atoms with Crippen LogP contribution in [0.4, 0.5) is 0 Å². The molecule has 0 spiro atoms. The molecular formula is C8H11N3O2. The number of morpholine rings is 1. The van der Waals surface area contributed by atoms with Gasteiger partial charge in [0.2, 0.25) is 12.2 Å². The first kappa shape index (κ1) is 8.25. The van der Waals surface area contributed by atoms with E-state index >= 15 is 0 Å². The van der Waals surface area contributed by atoms with Crippen LogP contribution in [0.25, 0.3) is 0 Å². The van der Waals surface area contributed by atoms with Gasteiger partial charge >= 0.3 is 0 Å². The Labute approximate surface area is 76.0 Å². The fourth-order valence-electron chi connectivity index (χ4n) is 1.31. The van der Waals surface area contributed by atoms with Gasteiger partial charge in [0.25, 0.3) is 0 Å². The fourth-order valence-corrected chi connectivity index (χ4v) is 1.31. The van der Waals surface area contributed by atoms with Gasteiger partial charge in [0, 0.05) is 6.54 Å². The molecule has 1 fully saturated rings. The molecular weight excluding hydrogens is 170 g/mol. The van der Waals surface area contributed by atoms with Gasteiger partial charge in [-0.3, -0.25) is 0 Å². The van der Waals surface area contributed by atoms with Crippen molar-refractivity contribution in [2.45, 2.75) is 6.10 Å². The van der Waals surface area contributed by atoms with E-state index in [1.54, 1.807) is 6.20 Å². The molecule has 0 aromatic carbocycles. The first-order valence-electron chi connectivity index (χ1n) is 4.14. The molecule has 5 heteroatoms. The van der Waals surface area contributed by atoms with Crippen LogP contribution in [0.5, 0.6) is 0 Å². The highest BCUT2D eigenvalue weighted by Gasteiger charge is 2.23. The van der Waals surface area contributed by atoms with E-state index in [1.165, 1.54) is 6.39 Å². The quantitative estimate of drug-likeness (QED) is 0.668. The fraction of sp³-hybridized carbons (Fsp3) is 0.500. The second-order valence-corrected chi connectivity index (χ2v) is 2.83. The molecule has 1 aromatic heterocycles. The molecule has 1 saturated heterocycles. The van der Waals surface area contributed by atoms with Gasteiger partial charge in [0.15, 0.2) is 0 Å². The third kappa shape index (κ3) is 1.70. The molecule has 13 heavy (non-hydrogen) atoms. The lowest BCUT2D eigenvalue weighted by molar-refractivity contribution is -0.0194. The first-order chi connectivity index (χ1) is 6.40. The van der Waals surface area contributed by atoms with Crippen LogP contribution in [-0.2, 0) is 4.74 Å². The molecule has 5 nitrogen and oxygen atoms in total. The van der Waals surface area contributed by atoms with E-state index in [2.05, 4.69) is 26.1 Å². The Kier molecular flexibility index (Phi) is 2.27. The third-order valence-electron chi connectivity index (χ3n) is 2.02. The van der Waals surface area contributed by atoms with Crippen LogP contribution >= 0.6 is 0 Å². The maximum Gasteiger partial charge on any atom is 0.213 e. The van der Waals surface area contributed by atoms with Crippen LogP contribution in [0, 0.1) is 0 Å². The lowest BCUT2D eigenvalue weighted by atomic mass is 10.2. The zero-order valence-corrected chi connectivity index (χ0v) is 7.22. The largest absolute Gasteiger partial charge is 0.373 e. The van der Waals surface area contributed by atoms with Gasteiger partial charge in [-0.15, -0.1) is 0 Å². The SMILES string of the molecule is C=CN1CCOC(c2ncon2)C1. The highest BCUT2D eigenvalue weighted by molar-refractivity contribution is 4.91. The van der Waals surface area contributed by atoms with Crippen molar-refractivity contribution in [3.63, 3.8) is 0 Å². The van der Waals surface area contributed by atoms with E-state index in [0.717, 1.165) is 13.1 Å². The van der Waals surface area contributed by atoms with E-state index in [-0.39, 0.29) is 6.10 Å². The molecule has 2 heterocycles. The van der Waals surface area contributed by atoms with E-state index < -0.39 is 0 Å². The molecule has 0 saturated carbocycles. The summed E-state index contributed by atoms with van der Waals surface area (Å²) >= 11 is 0. The molecule has 0 aliphatic carbocycles. The smallest absolute Gasteiger partial charge is 0.213 e. The van der Waals surface area contributed by atoms with Gasteiger partial charge in [-0.2, -0.15) is 4.98 Å². The second kappa shape index (κ2) is 3.57. The molecule has 1 aromatic rings. The minimum absolute atomic E-state index is 0.0921. The van der Waals surface area contributed by atoms with Gasteiger partial charge in [-0.1, -0.05) is 11.7 Å². The maximum absolute atomic E-state index is 5.48. The van der Waals surface area contributed by atoms with E-state index in [0.29, 0.717) is 12.4 Å². The van der Waals surface area contributed by atoms with Crippen molar-refractivity contribution in [2.75, 3.05) is 19.7 Å². The highest BCUT2D eigenvalue weighted by Crippen LogP contribution is 2.18. The van der Waals surface area contributed by atoms with E-state index in [1.807, 2.05) is 0 Å². The van der Waals surface area contributed by atoms with Gasteiger partial charge < -0.3 is 14.2 Å². The van der Waals surface area contributed by atoms with Crippen molar-refractivity contribution in [1.82, 2.24) is 15.0 Å². The first-order valence-corrected chi connectivity index (χ1v) is 4.14. The molecule has 1 aliphatic rings. The molecule has 0 N–H and O–H groups in total. The van der Waals surface area contributed by atoms with Crippen molar-refractivity contribution in [1.29, 1.82) is 0 Å². The zero-order valence-electron chi connectivity index (χ0n) is 7.22. The molecule has 1 aliphatic heterocycles. The minimum Gasteiger partial charge on any atom is -0.373 e. The average molecular weight is 181 g/mol. The monoisotopic (exact) mass is 181 g/mol. The predicted octanol–water partition coefficient (Wildman–Crippen LogP) is 0.586. The molecule has 0 amide bonds. The Morgan fingerprint density at radius 2 is 2.62 bits per heavy atom. The van der Waals surface area contributed by atoms with Crippen LogP contribution in [0.3, 0.4) is 0 Å². The Bertz CT molecular complexity index is 273. The molecule has 0 bridgehead atoms. The van der Waals surface area contributed by atoms with Gasteiger partial charge in [-0.05, 0) is 6.20 Å². The van der Waals surface area contributed by atoms with Crippen molar-refractivity contribution < 1.29 is 9.26 Å². The standard InChI is InChI=1S/C8H11N3O2/c1-2-11-3-4-12-7(5-11)8-9-6-13-10-8/h2,6-7H,1,3-5H2. The van der Waals surface area contributed by atoms with Crippen LogP contribution in [0.2, 0.25) is 0 Å². The molecule has 70 valence electrons. The number of ether oxygens (including phenoxy) is 1. The van der Waals surface area contributed by atoms with Crippen LogP contribution in [-0.4, -0.2) is 34.7 Å². The summed E-state index contributed by atoms with van der Waals surface area (Å²) < 4.78 is 10.1. The number of rotatable bonds is 2. The van der Waals surface area contributed by atoms with Gasteiger partial charge in [-0.25, -0.2) is 0 Å². The van der Waals surface area contributed by atoms with Crippen LogP contribution < -0.4 is 0 Å². The Hall–Kier alpha value is -1.36. The summed E-state index contributed by atoms with van der Waals surface area (Å²) in [5.41, 5.74) is 0. The third-order valence-corrected chi connectivity index (χ3v) is 2.02. The summed E-state index contributed by atoms with van der Waals surface area (Å²) in [6.45, 7) is 5.99. The Morgan fingerprint density at radius 1 is 1.69 bits per heavy atom. The summed E-state index contributed by atoms with van der Waals surface area (Å²) in [5, 5.41) is 3.74.